The van der Waals surface area contributed by atoms with Crippen LogP contribution in [0.25, 0.3) is 0 Å². The number of benzene rings is 2. The molecule has 0 radical (unpaired) electrons. The first-order chi connectivity index (χ1) is 12.7. The van der Waals surface area contributed by atoms with Crippen LogP contribution in [0.3, 0.4) is 0 Å². The molecule has 0 saturated heterocycles. The van der Waals surface area contributed by atoms with E-state index in [-0.39, 0.29) is 12.1 Å². The van der Waals surface area contributed by atoms with Gasteiger partial charge < -0.3 is 20.2 Å². The molecule has 1 heterocycles. The molecule has 0 bridgehead atoms. The van der Waals surface area contributed by atoms with Crippen LogP contribution >= 0.6 is 0 Å². The summed E-state index contributed by atoms with van der Waals surface area (Å²) in [7, 11) is 0. The molecular formula is C21H22N2O3. The van der Waals surface area contributed by atoms with E-state index in [1.807, 2.05) is 60.7 Å². The first-order valence-corrected chi connectivity index (χ1v) is 8.60. The maximum atomic E-state index is 12.3. The van der Waals surface area contributed by atoms with Crippen molar-refractivity contribution < 1.29 is 14.3 Å². The monoisotopic (exact) mass is 350 g/mol. The van der Waals surface area contributed by atoms with Crippen LogP contribution in [0.2, 0.25) is 0 Å². The third-order valence-electron chi connectivity index (χ3n) is 4.12. The standard InChI is InChI=1S/C21H22N2O3/c24-18(19-12-7-15-26-19)13-14-22-21(25)23-20(16-8-3-1-4-9-16)17-10-5-2-6-11-17/h1-12,15,18,20,24H,13-14H2,(H2,22,23,25). The van der Waals surface area contributed by atoms with E-state index in [1.165, 1.54) is 6.26 Å². The highest BCUT2D eigenvalue weighted by Crippen LogP contribution is 2.21. The van der Waals surface area contributed by atoms with Crippen LogP contribution < -0.4 is 10.6 Å². The number of nitrogens with one attached hydrogen (secondary N) is 2. The van der Waals surface area contributed by atoms with Crippen LogP contribution in [0.1, 0.15) is 35.5 Å². The zero-order valence-electron chi connectivity index (χ0n) is 14.3. The fourth-order valence-electron chi connectivity index (χ4n) is 2.78. The first kappa shape index (κ1) is 17.8. The molecule has 0 aliphatic carbocycles. The molecule has 1 unspecified atom stereocenters. The van der Waals surface area contributed by atoms with Gasteiger partial charge in [0.05, 0.1) is 12.3 Å². The minimum Gasteiger partial charge on any atom is -0.467 e. The van der Waals surface area contributed by atoms with Gasteiger partial charge in [0.25, 0.3) is 0 Å². The second kappa shape index (κ2) is 8.87. The fourth-order valence-corrected chi connectivity index (χ4v) is 2.78. The number of carbonyl (C=O) groups is 1. The van der Waals surface area contributed by atoms with Crippen LogP contribution in [0.4, 0.5) is 4.79 Å². The summed E-state index contributed by atoms with van der Waals surface area (Å²) in [6.07, 6.45) is 1.16. The van der Waals surface area contributed by atoms with Crippen molar-refractivity contribution in [2.75, 3.05) is 6.54 Å². The van der Waals surface area contributed by atoms with Crippen molar-refractivity contribution >= 4 is 6.03 Å². The Morgan fingerprint density at radius 1 is 0.923 bits per heavy atom. The summed E-state index contributed by atoms with van der Waals surface area (Å²) >= 11 is 0. The Balaban J connectivity index is 1.59. The van der Waals surface area contributed by atoms with Crippen molar-refractivity contribution in [2.24, 2.45) is 0 Å². The molecule has 134 valence electrons. The summed E-state index contributed by atoms with van der Waals surface area (Å²) in [4.78, 5) is 12.3. The van der Waals surface area contributed by atoms with Gasteiger partial charge in [0.2, 0.25) is 0 Å². The molecule has 5 nitrogen and oxygen atoms in total. The van der Waals surface area contributed by atoms with Gasteiger partial charge >= 0.3 is 6.03 Å². The smallest absolute Gasteiger partial charge is 0.315 e. The molecule has 5 heteroatoms. The van der Waals surface area contributed by atoms with E-state index < -0.39 is 6.10 Å². The van der Waals surface area contributed by atoms with E-state index in [1.54, 1.807) is 12.1 Å². The number of aliphatic hydroxyl groups excluding tert-OH is 1. The summed E-state index contributed by atoms with van der Waals surface area (Å²) in [6.45, 7) is 0.337. The molecule has 2 amide bonds. The third kappa shape index (κ3) is 4.74. The second-order valence-corrected chi connectivity index (χ2v) is 5.97. The van der Waals surface area contributed by atoms with Gasteiger partial charge in [-0.1, -0.05) is 60.7 Å². The Labute approximate surface area is 152 Å². The highest BCUT2D eigenvalue weighted by atomic mass is 16.4. The maximum Gasteiger partial charge on any atom is 0.315 e. The van der Waals surface area contributed by atoms with Crippen molar-refractivity contribution in [3.8, 4) is 0 Å². The fraction of sp³-hybridized carbons (Fsp3) is 0.190. The van der Waals surface area contributed by atoms with Crippen LogP contribution in [0.15, 0.2) is 83.5 Å². The largest absolute Gasteiger partial charge is 0.467 e. The van der Waals surface area contributed by atoms with Gasteiger partial charge in [0.1, 0.15) is 11.9 Å². The molecule has 3 aromatic rings. The van der Waals surface area contributed by atoms with Crippen molar-refractivity contribution in [1.29, 1.82) is 0 Å². The van der Waals surface area contributed by atoms with Gasteiger partial charge in [-0.25, -0.2) is 4.79 Å². The van der Waals surface area contributed by atoms with Gasteiger partial charge in [-0.15, -0.1) is 0 Å². The number of furan rings is 1. The van der Waals surface area contributed by atoms with E-state index in [4.69, 9.17) is 4.42 Å². The number of amides is 2. The van der Waals surface area contributed by atoms with Crippen molar-refractivity contribution in [3.63, 3.8) is 0 Å². The van der Waals surface area contributed by atoms with E-state index >= 15 is 0 Å². The van der Waals surface area contributed by atoms with Gasteiger partial charge in [0, 0.05) is 6.54 Å². The molecule has 26 heavy (non-hydrogen) atoms. The Hall–Kier alpha value is -3.05. The maximum absolute atomic E-state index is 12.3. The number of aliphatic hydroxyl groups is 1. The summed E-state index contributed by atoms with van der Waals surface area (Å²) < 4.78 is 5.15. The highest BCUT2D eigenvalue weighted by molar-refractivity contribution is 5.75. The summed E-state index contributed by atoms with van der Waals surface area (Å²) in [6, 6.07) is 22.5. The van der Waals surface area contributed by atoms with Crippen molar-refractivity contribution in [2.45, 2.75) is 18.6 Å². The quantitative estimate of drug-likeness (QED) is 0.607. The van der Waals surface area contributed by atoms with Crippen LogP contribution in [0.5, 0.6) is 0 Å². The highest BCUT2D eigenvalue weighted by Gasteiger charge is 2.17. The lowest BCUT2D eigenvalue weighted by molar-refractivity contribution is 0.140. The lowest BCUT2D eigenvalue weighted by Crippen LogP contribution is -2.39. The number of hydrogen-bond donors (Lipinski definition) is 3. The predicted molar refractivity (Wildman–Crippen MR) is 99.5 cm³/mol. The Morgan fingerprint density at radius 2 is 1.54 bits per heavy atom. The molecule has 0 spiro atoms. The summed E-state index contributed by atoms with van der Waals surface area (Å²) in [5, 5.41) is 15.8. The van der Waals surface area contributed by atoms with Crippen molar-refractivity contribution in [3.05, 3.63) is 95.9 Å². The Kier molecular flexibility index (Phi) is 6.06. The number of urea groups is 1. The molecule has 0 fully saturated rings. The molecule has 1 atom stereocenters. The van der Waals surface area contributed by atoms with Crippen LogP contribution in [0, 0.1) is 0 Å². The molecule has 2 aromatic carbocycles. The molecular weight excluding hydrogens is 328 g/mol. The zero-order valence-corrected chi connectivity index (χ0v) is 14.3. The topological polar surface area (TPSA) is 74.5 Å². The van der Waals surface area contributed by atoms with Crippen LogP contribution in [-0.4, -0.2) is 17.7 Å². The van der Waals surface area contributed by atoms with Crippen molar-refractivity contribution in [1.82, 2.24) is 10.6 Å². The first-order valence-electron chi connectivity index (χ1n) is 8.60. The zero-order chi connectivity index (χ0) is 18.2. The number of hydrogen-bond acceptors (Lipinski definition) is 3. The lowest BCUT2D eigenvalue weighted by atomic mass is 9.99. The van der Waals surface area contributed by atoms with E-state index in [2.05, 4.69) is 10.6 Å². The minimum atomic E-state index is -0.732. The Bertz CT molecular complexity index is 749. The molecule has 3 rings (SSSR count). The number of carbonyl (C=O) groups excluding carboxylic acids is 1. The molecule has 0 aliphatic rings. The predicted octanol–water partition coefficient (Wildman–Crippen LogP) is 3.79. The van der Waals surface area contributed by atoms with E-state index in [0.717, 1.165) is 11.1 Å². The average molecular weight is 350 g/mol. The number of rotatable bonds is 7. The van der Waals surface area contributed by atoms with Gasteiger partial charge in [0.15, 0.2) is 0 Å². The summed E-state index contributed by atoms with van der Waals surface area (Å²) in [5.74, 6) is 0.499. The molecule has 1 aromatic heterocycles. The van der Waals surface area contributed by atoms with Crippen LogP contribution in [-0.2, 0) is 0 Å². The van der Waals surface area contributed by atoms with E-state index in [9.17, 15) is 9.90 Å². The lowest BCUT2D eigenvalue weighted by Gasteiger charge is -2.20. The normalized spacial score (nSPS) is 11.9. The van der Waals surface area contributed by atoms with Gasteiger partial charge in [-0.2, -0.15) is 0 Å². The molecule has 0 aliphatic heterocycles. The SMILES string of the molecule is O=C(NCCC(O)c1ccco1)NC(c1ccccc1)c1ccccc1. The summed E-state index contributed by atoms with van der Waals surface area (Å²) in [5.41, 5.74) is 2.01. The second-order valence-electron chi connectivity index (χ2n) is 5.97. The Morgan fingerprint density at radius 3 is 2.08 bits per heavy atom. The minimum absolute atomic E-state index is 0.243. The van der Waals surface area contributed by atoms with E-state index in [0.29, 0.717) is 18.7 Å². The third-order valence-corrected chi connectivity index (χ3v) is 4.12. The average Bonchev–Trinajstić information content (AvgIpc) is 3.22. The molecule has 3 N–H and O–H groups in total. The molecule has 0 saturated carbocycles. The van der Waals surface area contributed by atoms with Gasteiger partial charge in [-0.3, -0.25) is 0 Å². The van der Waals surface area contributed by atoms with Gasteiger partial charge in [-0.05, 0) is 29.7 Å².